The lowest BCUT2D eigenvalue weighted by Gasteiger charge is -2.47. The zero-order valence-corrected chi connectivity index (χ0v) is 36.9. The van der Waals surface area contributed by atoms with Gasteiger partial charge in [0.15, 0.2) is 0 Å². The first kappa shape index (κ1) is 49.1. The van der Waals surface area contributed by atoms with Crippen LogP contribution in [0.15, 0.2) is 23.3 Å². The third-order valence-electron chi connectivity index (χ3n) is 13.2. The number of carbonyl (C=O) groups is 4. The lowest BCUT2D eigenvalue weighted by Crippen LogP contribution is -2.64. The zero-order chi connectivity index (χ0) is 43.9. The number of carbonyl (C=O) groups excluding carboxylic acids is 4. The largest absolute Gasteiger partial charge is 0.456 e. The van der Waals surface area contributed by atoms with Crippen LogP contribution in [-0.4, -0.2) is 131 Å². The van der Waals surface area contributed by atoms with Crippen molar-refractivity contribution in [2.75, 3.05) is 20.8 Å². The Morgan fingerprint density at radius 2 is 1.64 bits per heavy atom. The molecule has 3 fully saturated rings. The van der Waals surface area contributed by atoms with Gasteiger partial charge in [0.2, 0.25) is 5.79 Å². The Morgan fingerprint density at radius 3 is 2.27 bits per heavy atom. The van der Waals surface area contributed by atoms with Gasteiger partial charge in [-0.15, -0.1) is 0 Å². The van der Waals surface area contributed by atoms with Crippen LogP contribution in [-0.2, 0) is 42.9 Å². The molecule has 3 heterocycles. The number of hydrogen-bond donors (Lipinski definition) is 3. The van der Waals surface area contributed by atoms with Gasteiger partial charge in [-0.3, -0.25) is 14.4 Å². The molecule has 3 aliphatic heterocycles. The highest BCUT2D eigenvalue weighted by Gasteiger charge is 2.57. The third-order valence-corrected chi connectivity index (χ3v) is 13.2. The number of fused-ring (bicyclic) bond motifs is 3. The van der Waals surface area contributed by atoms with Crippen LogP contribution < -0.4 is 0 Å². The summed E-state index contributed by atoms with van der Waals surface area (Å²) in [5, 5.41) is 34.4. The van der Waals surface area contributed by atoms with Crippen LogP contribution >= 0.6 is 0 Å². The molecule has 2 saturated heterocycles. The van der Waals surface area contributed by atoms with Crippen molar-refractivity contribution in [2.24, 2.45) is 29.6 Å². The Kier molecular flexibility index (Phi) is 17.9. The quantitative estimate of drug-likeness (QED) is 0.174. The second-order valence-electron chi connectivity index (χ2n) is 18.1. The van der Waals surface area contributed by atoms with Crippen LogP contribution in [0.3, 0.4) is 0 Å². The number of aliphatic hydroxyl groups excluding tert-OH is 2. The first-order valence-electron chi connectivity index (χ1n) is 21.8. The molecule has 15 atom stereocenters. The molecule has 13 nitrogen and oxygen atoms in total. The predicted molar refractivity (Wildman–Crippen MR) is 218 cm³/mol. The van der Waals surface area contributed by atoms with E-state index in [9.17, 15) is 34.5 Å². The molecule has 2 bridgehead atoms. The van der Waals surface area contributed by atoms with Crippen molar-refractivity contribution in [1.82, 2.24) is 4.90 Å². The van der Waals surface area contributed by atoms with E-state index in [-0.39, 0.29) is 56.1 Å². The Bertz CT molecular complexity index is 1520. The summed E-state index contributed by atoms with van der Waals surface area (Å²) in [4.78, 5) is 57.8. The van der Waals surface area contributed by atoms with E-state index in [2.05, 4.69) is 0 Å². The number of Topliss-reactive ketones (excluding diaryl/α,β-unsaturated/α-hetero) is 2. The molecule has 336 valence electrons. The fourth-order valence-corrected chi connectivity index (χ4v) is 9.54. The summed E-state index contributed by atoms with van der Waals surface area (Å²) in [5.41, 5.74) is 0.951. The topological polar surface area (TPSA) is 178 Å². The minimum absolute atomic E-state index is 0.0477. The molecule has 14 heteroatoms. The SMILES string of the molecule is CCC1/C=C(\C)C(F)C(C)CC(OC)C2OC(O)(C(=O)C(=O)N3CCCCC3C(=O)OC(C(C)=CC3CCC(O)C(OC(C)C)C3)C(C)C(O)CC1=O)C(C)CC2OC. The fourth-order valence-electron chi connectivity index (χ4n) is 9.54. The van der Waals surface area contributed by atoms with Gasteiger partial charge in [0.1, 0.15) is 30.2 Å². The average Bonchev–Trinajstić information content (AvgIpc) is 3.20. The molecule has 3 N–H and O–H groups in total. The van der Waals surface area contributed by atoms with Crippen molar-refractivity contribution in [1.29, 1.82) is 0 Å². The van der Waals surface area contributed by atoms with Crippen LogP contribution in [0.1, 0.15) is 120 Å². The number of alkyl halides is 1. The monoisotopic (exact) mass is 838 g/mol. The summed E-state index contributed by atoms with van der Waals surface area (Å²) < 4.78 is 46.2. The van der Waals surface area contributed by atoms with Crippen molar-refractivity contribution in [2.45, 2.75) is 186 Å². The molecule has 1 amide bonds. The van der Waals surface area contributed by atoms with Gasteiger partial charge >= 0.3 is 5.97 Å². The molecule has 0 spiro atoms. The summed E-state index contributed by atoms with van der Waals surface area (Å²) in [7, 11) is 2.88. The number of ether oxygens (including phenoxy) is 5. The molecule has 59 heavy (non-hydrogen) atoms. The Hall–Kier alpha value is -2.59. The first-order chi connectivity index (χ1) is 27.8. The van der Waals surface area contributed by atoms with E-state index in [1.54, 1.807) is 40.7 Å². The van der Waals surface area contributed by atoms with Crippen molar-refractivity contribution >= 4 is 23.4 Å². The van der Waals surface area contributed by atoms with Gasteiger partial charge < -0.3 is 43.9 Å². The van der Waals surface area contributed by atoms with Gasteiger partial charge in [0, 0.05) is 44.9 Å². The van der Waals surface area contributed by atoms with E-state index in [4.69, 9.17) is 23.7 Å². The molecular formula is C45H72FNO12. The lowest BCUT2D eigenvalue weighted by atomic mass is 9.81. The maximum absolute atomic E-state index is 16.2. The molecule has 0 radical (unpaired) electrons. The highest BCUT2D eigenvalue weighted by molar-refractivity contribution is 6.39. The van der Waals surface area contributed by atoms with E-state index >= 15 is 4.39 Å². The standard InChI is InChI=1S/C45H72FNO12/c1-11-31-19-25(4)39(46)26(5)20-37(55-9)41-38(56-10)21-28(7)45(54,59-41)42(51)43(52)47-17-13-12-14-32(47)44(53)58-40(29(8)34(49)23-35(31)50)27(6)18-30-15-16-33(48)36(22-30)57-24(2)3/h18-19,24,26,28-34,36-41,48-49,54H,11-17,20-23H2,1-10H3/b25-19+,27-18?. The summed E-state index contributed by atoms with van der Waals surface area (Å²) in [6, 6.07) is -1.18. The Balaban J connectivity index is 1.78. The maximum Gasteiger partial charge on any atom is 0.329 e. The molecule has 0 aromatic heterocycles. The number of piperidine rings is 1. The van der Waals surface area contributed by atoms with Crippen LogP contribution in [0.4, 0.5) is 4.39 Å². The second-order valence-corrected chi connectivity index (χ2v) is 18.1. The van der Waals surface area contributed by atoms with Crippen LogP contribution in [0.5, 0.6) is 0 Å². The number of nitrogens with zero attached hydrogens (tertiary/aromatic N) is 1. The lowest BCUT2D eigenvalue weighted by molar-refractivity contribution is -0.302. The minimum atomic E-state index is -2.60. The minimum Gasteiger partial charge on any atom is -0.456 e. The number of cyclic esters (lactones) is 1. The number of ketones is 2. The molecule has 0 aromatic rings. The Morgan fingerprint density at radius 1 is 0.983 bits per heavy atom. The number of amides is 1. The van der Waals surface area contributed by atoms with E-state index in [1.807, 2.05) is 26.8 Å². The predicted octanol–water partition coefficient (Wildman–Crippen LogP) is 5.20. The van der Waals surface area contributed by atoms with E-state index in [0.29, 0.717) is 49.7 Å². The molecule has 0 aromatic carbocycles. The van der Waals surface area contributed by atoms with Crippen molar-refractivity contribution in [3.05, 3.63) is 23.3 Å². The van der Waals surface area contributed by atoms with E-state index < -0.39 is 96.0 Å². The second kappa shape index (κ2) is 21.5. The number of aliphatic hydroxyl groups is 3. The maximum atomic E-state index is 16.2. The Labute approximate surface area is 350 Å². The first-order valence-corrected chi connectivity index (χ1v) is 21.8. The summed E-state index contributed by atoms with van der Waals surface area (Å²) in [6.45, 7) is 14.1. The van der Waals surface area contributed by atoms with Crippen molar-refractivity contribution < 1.29 is 62.6 Å². The van der Waals surface area contributed by atoms with Gasteiger partial charge in [-0.05, 0) is 108 Å². The van der Waals surface area contributed by atoms with Crippen molar-refractivity contribution in [3.8, 4) is 0 Å². The van der Waals surface area contributed by atoms with Gasteiger partial charge in [-0.1, -0.05) is 39.8 Å². The van der Waals surface area contributed by atoms with Crippen LogP contribution in [0, 0.1) is 29.6 Å². The van der Waals surface area contributed by atoms with Gasteiger partial charge in [-0.25, -0.2) is 9.18 Å². The average molecular weight is 838 g/mol. The zero-order valence-electron chi connectivity index (χ0n) is 36.9. The summed E-state index contributed by atoms with van der Waals surface area (Å²) >= 11 is 0. The third kappa shape index (κ3) is 11.7. The number of hydrogen-bond acceptors (Lipinski definition) is 12. The molecule has 4 aliphatic rings. The van der Waals surface area contributed by atoms with Gasteiger partial charge in [0.05, 0.1) is 36.6 Å². The summed E-state index contributed by atoms with van der Waals surface area (Å²) in [6.07, 6.45) is -0.699. The highest BCUT2D eigenvalue weighted by atomic mass is 19.1. The molecule has 4 rings (SSSR count). The highest BCUT2D eigenvalue weighted by Crippen LogP contribution is 2.39. The van der Waals surface area contributed by atoms with Gasteiger partial charge in [-0.2, -0.15) is 0 Å². The number of halogens is 1. The van der Waals surface area contributed by atoms with Crippen LogP contribution in [0.2, 0.25) is 0 Å². The van der Waals surface area contributed by atoms with E-state index in [0.717, 1.165) is 4.90 Å². The number of methoxy groups -OCH3 is 2. The normalized spacial score (nSPS) is 41.4. The molecule has 1 aliphatic carbocycles. The number of allylic oxidation sites excluding steroid dienone is 3. The van der Waals surface area contributed by atoms with Crippen molar-refractivity contribution in [3.63, 3.8) is 0 Å². The molecular weight excluding hydrogens is 765 g/mol. The molecule has 1 saturated carbocycles. The summed E-state index contributed by atoms with van der Waals surface area (Å²) in [5.74, 6) is -9.12. The van der Waals surface area contributed by atoms with Gasteiger partial charge in [0.25, 0.3) is 11.7 Å². The smallest absolute Gasteiger partial charge is 0.329 e. The fraction of sp³-hybridized carbons (Fsp3) is 0.822. The number of esters is 1. The van der Waals surface area contributed by atoms with Crippen LogP contribution in [0.25, 0.3) is 0 Å². The number of rotatable bonds is 7. The molecule has 15 unspecified atom stereocenters. The van der Waals surface area contributed by atoms with E-state index in [1.165, 1.54) is 14.2 Å².